The van der Waals surface area contributed by atoms with Gasteiger partial charge in [0.05, 0.1) is 16.7 Å². The van der Waals surface area contributed by atoms with Crippen LogP contribution in [0.2, 0.25) is 0 Å². The largest absolute Gasteiger partial charge is 0.398 e. The Kier molecular flexibility index (Phi) is 3.29. The van der Waals surface area contributed by atoms with E-state index in [2.05, 4.69) is 83.4 Å². The number of nitrogen functional groups attached to an aromatic ring is 1. The Morgan fingerprint density at radius 2 is 1.00 bits per heavy atom. The minimum absolute atomic E-state index is 0.792. The first kappa shape index (κ1) is 14.8. The lowest BCUT2D eigenvalue weighted by atomic mass is 10.0. The first-order chi connectivity index (χ1) is 12.8. The Morgan fingerprint density at radius 1 is 0.500 bits per heavy atom. The molecule has 124 valence electrons. The van der Waals surface area contributed by atoms with Gasteiger partial charge < -0.3 is 10.3 Å². The van der Waals surface area contributed by atoms with Gasteiger partial charge in [0.2, 0.25) is 0 Å². The van der Waals surface area contributed by atoms with Crippen LogP contribution in [0.4, 0.5) is 5.69 Å². The number of hydrogen-bond acceptors (Lipinski definition) is 1. The van der Waals surface area contributed by atoms with Crippen LogP contribution in [0, 0.1) is 0 Å². The van der Waals surface area contributed by atoms with E-state index in [1.165, 1.54) is 21.8 Å². The first-order valence-electron chi connectivity index (χ1n) is 8.77. The number of fused-ring (bicyclic) bond motifs is 3. The van der Waals surface area contributed by atoms with Gasteiger partial charge in [0.25, 0.3) is 0 Å². The van der Waals surface area contributed by atoms with Crippen LogP contribution in [0.3, 0.4) is 0 Å². The molecule has 0 atom stereocenters. The third-order valence-corrected chi connectivity index (χ3v) is 4.98. The second kappa shape index (κ2) is 5.78. The molecule has 1 heterocycles. The van der Waals surface area contributed by atoms with Gasteiger partial charge in [0.1, 0.15) is 0 Å². The number of anilines is 1. The lowest BCUT2D eigenvalue weighted by Crippen LogP contribution is -1.98. The smallest absolute Gasteiger partial charge is 0.0541 e. The van der Waals surface area contributed by atoms with E-state index in [9.17, 15) is 0 Å². The zero-order valence-corrected chi connectivity index (χ0v) is 14.3. The van der Waals surface area contributed by atoms with Crippen LogP contribution in [-0.4, -0.2) is 4.57 Å². The molecule has 0 aliphatic carbocycles. The molecule has 0 bridgehead atoms. The number of rotatable bonds is 2. The molecule has 2 heteroatoms. The average Bonchev–Trinajstić information content (AvgIpc) is 3.03. The quantitative estimate of drug-likeness (QED) is 0.392. The average molecular weight is 334 g/mol. The van der Waals surface area contributed by atoms with E-state index in [0.29, 0.717) is 0 Å². The summed E-state index contributed by atoms with van der Waals surface area (Å²) in [5.41, 5.74) is 12.8. The molecule has 0 aliphatic heterocycles. The summed E-state index contributed by atoms with van der Waals surface area (Å²) >= 11 is 0. The molecule has 2 nitrogen and oxygen atoms in total. The summed E-state index contributed by atoms with van der Waals surface area (Å²) < 4.78 is 2.34. The number of hydrogen-bond donors (Lipinski definition) is 1. The van der Waals surface area contributed by atoms with Crippen LogP contribution >= 0.6 is 0 Å². The van der Waals surface area contributed by atoms with Crippen molar-refractivity contribution in [2.24, 2.45) is 0 Å². The third kappa shape index (κ3) is 2.12. The molecule has 0 fully saturated rings. The van der Waals surface area contributed by atoms with Crippen molar-refractivity contribution in [3.63, 3.8) is 0 Å². The van der Waals surface area contributed by atoms with Crippen LogP contribution < -0.4 is 5.73 Å². The molecular weight excluding hydrogens is 316 g/mol. The second-order valence-corrected chi connectivity index (χ2v) is 6.47. The van der Waals surface area contributed by atoms with E-state index in [1.54, 1.807) is 0 Å². The summed E-state index contributed by atoms with van der Waals surface area (Å²) in [6, 6.07) is 33.6. The molecule has 0 amide bonds. The van der Waals surface area contributed by atoms with Gasteiger partial charge in [-0.15, -0.1) is 0 Å². The van der Waals surface area contributed by atoms with Gasteiger partial charge in [0, 0.05) is 27.6 Å². The lowest BCUT2D eigenvalue weighted by molar-refractivity contribution is 1.18. The summed E-state index contributed by atoms with van der Waals surface area (Å²) in [4.78, 5) is 0. The monoisotopic (exact) mass is 334 g/mol. The SMILES string of the molecule is Nc1ccccc1-c1ccccc1-n1c2ccccc2c2ccccc21. The highest BCUT2D eigenvalue weighted by molar-refractivity contribution is 6.09. The zero-order chi connectivity index (χ0) is 17.5. The summed E-state index contributed by atoms with van der Waals surface area (Å²) in [5, 5.41) is 2.53. The Morgan fingerprint density at radius 3 is 1.65 bits per heavy atom. The molecule has 0 saturated heterocycles. The molecular formula is C24H18N2. The molecule has 0 aliphatic rings. The molecule has 0 radical (unpaired) electrons. The Labute approximate surface area is 152 Å². The van der Waals surface area contributed by atoms with Crippen LogP contribution in [0.15, 0.2) is 97.1 Å². The molecule has 5 rings (SSSR count). The van der Waals surface area contributed by atoms with E-state index in [0.717, 1.165) is 22.5 Å². The zero-order valence-electron chi connectivity index (χ0n) is 14.3. The van der Waals surface area contributed by atoms with Crippen LogP contribution in [0.1, 0.15) is 0 Å². The van der Waals surface area contributed by atoms with E-state index in [1.807, 2.05) is 18.2 Å². The molecule has 0 saturated carbocycles. The number of aromatic nitrogens is 1. The number of nitrogens with zero attached hydrogens (tertiary/aromatic N) is 1. The molecule has 26 heavy (non-hydrogen) atoms. The maximum Gasteiger partial charge on any atom is 0.0541 e. The van der Waals surface area contributed by atoms with Gasteiger partial charge >= 0.3 is 0 Å². The van der Waals surface area contributed by atoms with Gasteiger partial charge in [-0.05, 0) is 24.3 Å². The van der Waals surface area contributed by atoms with E-state index in [4.69, 9.17) is 5.73 Å². The van der Waals surface area contributed by atoms with E-state index in [-0.39, 0.29) is 0 Å². The highest BCUT2D eigenvalue weighted by Gasteiger charge is 2.15. The van der Waals surface area contributed by atoms with Gasteiger partial charge in [-0.3, -0.25) is 0 Å². The fourth-order valence-corrected chi connectivity index (χ4v) is 3.82. The highest BCUT2D eigenvalue weighted by atomic mass is 15.0. The van der Waals surface area contributed by atoms with Crippen molar-refractivity contribution in [2.75, 3.05) is 5.73 Å². The maximum absolute atomic E-state index is 6.29. The normalized spacial score (nSPS) is 11.2. The molecule has 4 aromatic carbocycles. The van der Waals surface area contributed by atoms with Crippen LogP contribution in [-0.2, 0) is 0 Å². The van der Waals surface area contributed by atoms with Crippen molar-refractivity contribution in [1.29, 1.82) is 0 Å². The van der Waals surface area contributed by atoms with Crippen molar-refractivity contribution in [1.82, 2.24) is 4.57 Å². The lowest BCUT2D eigenvalue weighted by Gasteiger charge is -2.15. The second-order valence-electron chi connectivity index (χ2n) is 6.47. The number of nitrogens with two attached hydrogens (primary N) is 1. The minimum atomic E-state index is 0.792. The van der Waals surface area contributed by atoms with Crippen LogP contribution in [0.25, 0.3) is 38.6 Å². The Balaban J connectivity index is 1.92. The predicted octanol–water partition coefficient (Wildman–Crippen LogP) is 6.03. The van der Waals surface area contributed by atoms with Crippen molar-refractivity contribution in [2.45, 2.75) is 0 Å². The number of para-hydroxylation sites is 4. The van der Waals surface area contributed by atoms with Gasteiger partial charge in [0.15, 0.2) is 0 Å². The predicted molar refractivity (Wildman–Crippen MR) is 111 cm³/mol. The number of benzene rings is 4. The fraction of sp³-hybridized carbons (Fsp3) is 0. The maximum atomic E-state index is 6.29. The van der Waals surface area contributed by atoms with Crippen molar-refractivity contribution < 1.29 is 0 Å². The van der Waals surface area contributed by atoms with E-state index >= 15 is 0 Å². The Bertz CT molecular complexity index is 1190. The van der Waals surface area contributed by atoms with E-state index < -0.39 is 0 Å². The van der Waals surface area contributed by atoms with Gasteiger partial charge in [-0.25, -0.2) is 0 Å². The fourth-order valence-electron chi connectivity index (χ4n) is 3.82. The van der Waals surface area contributed by atoms with Crippen LogP contribution in [0.5, 0.6) is 0 Å². The van der Waals surface area contributed by atoms with Crippen molar-refractivity contribution >= 4 is 27.5 Å². The minimum Gasteiger partial charge on any atom is -0.398 e. The summed E-state index contributed by atoms with van der Waals surface area (Å²) in [6.45, 7) is 0. The van der Waals surface area contributed by atoms with Gasteiger partial charge in [-0.1, -0.05) is 72.8 Å². The standard InChI is InChI=1S/C24H18N2/c25-21-13-5-1-9-17(21)18-10-2-6-14-22(18)26-23-15-7-3-11-19(23)20-12-4-8-16-24(20)26/h1-16H,25H2. The molecule has 2 N–H and O–H groups in total. The Hall–Kier alpha value is -3.52. The molecule has 0 spiro atoms. The molecule has 0 unspecified atom stereocenters. The molecule has 1 aromatic heterocycles. The summed E-state index contributed by atoms with van der Waals surface area (Å²) in [7, 11) is 0. The third-order valence-electron chi connectivity index (χ3n) is 4.98. The van der Waals surface area contributed by atoms with Gasteiger partial charge in [-0.2, -0.15) is 0 Å². The molecule has 5 aromatic rings. The van der Waals surface area contributed by atoms with Crippen molar-refractivity contribution in [3.05, 3.63) is 97.1 Å². The summed E-state index contributed by atoms with van der Waals surface area (Å²) in [6.07, 6.45) is 0. The topological polar surface area (TPSA) is 30.9 Å². The first-order valence-corrected chi connectivity index (χ1v) is 8.77. The highest BCUT2D eigenvalue weighted by Crippen LogP contribution is 2.37. The van der Waals surface area contributed by atoms with Crippen molar-refractivity contribution in [3.8, 4) is 16.8 Å². The summed E-state index contributed by atoms with van der Waals surface area (Å²) in [5.74, 6) is 0.